The van der Waals surface area contributed by atoms with E-state index in [1.807, 2.05) is 0 Å². The van der Waals surface area contributed by atoms with Crippen LogP contribution in [0.15, 0.2) is 0 Å². The summed E-state index contributed by atoms with van der Waals surface area (Å²) in [5.74, 6) is -4.53. The van der Waals surface area contributed by atoms with Crippen molar-refractivity contribution in [3.8, 4) is 0 Å². The Labute approximate surface area is 408 Å². The maximum atomic E-state index is 10.8. The van der Waals surface area contributed by atoms with Gasteiger partial charge in [-0.2, -0.15) is 0 Å². The van der Waals surface area contributed by atoms with Crippen LogP contribution in [0.3, 0.4) is 0 Å². The summed E-state index contributed by atoms with van der Waals surface area (Å²) in [6.45, 7) is -1.58. The smallest absolute Gasteiger partial charge is 0.301 e. The molecule has 15 N–H and O–H groups in total. The minimum atomic E-state index is -1.79. The zero-order valence-electron chi connectivity index (χ0n) is 33.3. The standard InChI is InChI=1S/C17H30N3O9.C16H28N3O10.3Hf/c1-2-9(22)10(23)7-20-17(8-21)15(19-6-4-12(26)27)14(28)13(16(17)29)18-5-3-11(24)25;20-6-8(22)7(21)5-19-13-15(28)11(17-3-1-9(23)24)14(27)12(16(13)29)18-4-2-10(25)26;;;/h9-10,13-16,21-23,28-29H,2-8H2,1H3,(H,24,25)(H,26,27);7-8,11-16,20-22,27-29H,1-6H2,(H,23,24)(H,25,26);;;/q2*-3;;;/t9?,10-,13?,14?,15?,16?,17?;;;;/m0..../s1. The molecule has 2 aliphatic carbocycles. The van der Waals surface area contributed by atoms with E-state index in [9.17, 15) is 70.2 Å². The van der Waals surface area contributed by atoms with E-state index >= 15 is 0 Å². The quantitative estimate of drug-likeness (QED) is 0.0344. The molecule has 12 unspecified atom stereocenters. The van der Waals surface area contributed by atoms with E-state index in [4.69, 9.17) is 25.5 Å². The Morgan fingerprint density at radius 3 is 1.23 bits per heavy atom. The van der Waals surface area contributed by atoms with Crippen LogP contribution in [-0.4, -0.2) is 244 Å². The third-order valence-corrected chi connectivity index (χ3v) is 9.59. The van der Waals surface area contributed by atoms with Crippen molar-refractivity contribution in [1.29, 1.82) is 0 Å². The fraction of sp³-hybridized carbons (Fsp3) is 0.879. The van der Waals surface area contributed by atoms with Crippen molar-refractivity contribution in [3.63, 3.8) is 0 Å². The first kappa shape index (κ1) is 65.1. The van der Waals surface area contributed by atoms with Gasteiger partial charge in [0.25, 0.3) is 0 Å². The van der Waals surface area contributed by atoms with E-state index in [0.29, 0.717) is 0 Å². The molecule has 0 amide bonds. The average Bonchev–Trinajstić information content (AvgIpc) is 3.36. The van der Waals surface area contributed by atoms with Gasteiger partial charge in [0.15, 0.2) is 0 Å². The molecule has 2 fully saturated rings. The third-order valence-electron chi connectivity index (χ3n) is 9.59. The van der Waals surface area contributed by atoms with E-state index in [2.05, 4.69) is 31.9 Å². The summed E-state index contributed by atoms with van der Waals surface area (Å²) in [6.07, 6.45) is -14.1. The van der Waals surface area contributed by atoms with Crippen molar-refractivity contribution in [2.24, 2.45) is 0 Å². The van der Waals surface area contributed by atoms with Gasteiger partial charge >= 0.3 is 23.9 Å². The van der Waals surface area contributed by atoms with Gasteiger partial charge in [-0.25, -0.2) is 0 Å². The van der Waals surface area contributed by atoms with Gasteiger partial charge in [-0.05, 0) is 6.42 Å². The zero-order chi connectivity index (χ0) is 44.3. The minimum absolute atomic E-state index is 0. The van der Waals surface area contributed by atoms with Crippen molar-refractivity contribution >= 4 is 23.9 Å². The Bertz CT molecular complexity index is 1200. The second-order valence-electron chi connectivity index (χ2n) is 13.7. The summed E-state index contributed by atoms with van der Waals surface area (Å²) in [5.41, 5.74) is -1.79. The summed E-state index contributed by atoms with van der Waals surface area (Å²) < 4.78 is 0. The number of carboxylic acid groups (broad SMARTS) is 4. The predicted octanol–water partition coefficient (Wildman–Crippen LogP) is -4.64. The van der Waals surface area contributed by atoms with Crippen molar-refractivity contribution in [1.82, 2.24) is 0 Å². The van der Waals surface area contributed by atoms with Crippen LogP contribution in [0.25, 0.3) is 31.9 Å². The maximum absolute atomic E-state index is 10.8. The zero-order valence-corrected chi connectivity index (χ0v) is 44.1. The molecule has 0 bridgehead atoms. The predicted molar refractivity (Wildman–Crippen MR) is 199 cm³/mol. The monoisotopic (exact) mass is 1380 g/mol. The van der Waals surface area contributed by atoms with Crippen LogP contribution in [-0.2, 0) is 96.7 Å². The van der Waals surface area contributed by atoms with Gasteiger partial charge < -0.3 is 108 Å². The number of nitrogens with zero attached hydrogens (tertiary/aromatic N) is 6. The second-order valence-corrected chi connectivity index (χ2v) is 13.7. The Balaban J connectivity index is -0.00000105. The summed E-state index contributed by atoms with van der Waals surface area (Å²) >= 11 is 0. The van der Waals surface area contributed by atoms with Gasteiger partial charge in [-0.1, -0.05) is 36.6 Å². The topological polar surface area (TPSA) is 456 Å². The van der Waals surface area contributed by atoms with Gasteiger partial charge in [-0.15, -0.1) is 45.3 Å². The number of hydrogen-bond donors (Lipinski definition) is 15. The van der Waals surface area contributed by atoms with Crippen LogP contribution in [0.1, 0.15) is 39.0 Å². The number of aliphatic hydroxyl groups is 11. The van der Waals surface area contributed by atoms with E-state index in [0.717, 1.165) is 0 Å². The van der Waals surface area contributed by atoms with Gasteiger partial charge in [0.2, 0.25) is 0 Å². The minimum Gasteiger partial charge on any atom is -0.658 e. The Kier molecular flexibility index (Phi) is 35.5. The van der Waals surface area contributed by atoms with Crippen LogP contribution in [0, 0.1) is 0 Å². The van der Waals surface area contributed by atoms with E-state index < -0.39 is 134 Å². The molecule has 25 nitrogen and oxygen atoms in total. The molecule has 0 heterocycles. The van der Waals surface area contributed by atoms with Crippen molar-refractivity contribution in [2.75, 3.05) is 52.5 Å². The van der Waals surface area contributed by atoms with Crippen LogP contribution < -0.4 is 0 Å². The average molecular weight is 1380 g/mol. The fourth-order valence-electron chi connectivity index (χ4n) is 6.26. The van der Waals surface area contributed by atoms with Crippen molar-refractivity contribution < 1.29 is 173 Å². The molecule has 2 saturated carbocycles. The van der Waals surface area contributed by atoms with Crippen LogP contribution >= 0.6 is 0 Å². The van der Waals surface area contributed by atoms with Gasteiger partial charge in [0.05, 0.1) is 24.9 Å². The molecule has 2 rings (SSSR count). The summed E-state index contributed by atoms with van der Waals surface area (Å²) in [4.78, 5) is 42.8. The Morgan fingerprint density at radius 2 is 0.869 bits per heavy atom. The molecule has 0 aromatic rings. The maximum Gasteiger partial charge on any atom is 0.301 e. The van der Waals surface area contributed by atoms with Crippen LogP contribution in [0.2, 0.25) is 0 Å². The molecule has 0 aromatic carbocycles. The Hall–Kier alpha value is -0.190. The van der Waals surface area contributed by atoms with E-state index in [1.54, 1.807) is 6.92 Å². The van der Waals surface area contributed by atoms with Crippen molar-refractivity contribution in [3.05, 3.63) is 31.9 Å². The largest absolute Gasteiger partial charge is 0.658 e. The number of carbonyl (C=O) groups is 4. The van der Waals surface area contributed by atoms with Crippen LogP contribution in [0.5, 0.6) is 0 Å². The molecular weight excluding hydrogens is 1320 g/mol. The molecule has 61 heavy (non-hydrogen) atoms. The van der Waals surface area contributed by atoms with Gasteiger partial charge in [-0.3, -0.25) is 19.2 Å². The van der Waals surface area contributed by atoms with Crippen molar-refractivity contribution in [2.45, 2.75) is 130 Å². The second kappa shape index (κ2) is 33.3. The normalized spacial score (nSPS) is 30.2. The van der Waals surface area contributed by atoms with Crippen LogP contribution in [0.4, 0.5) is 0 Å². The molecular formula is C33H58Hf3N6O19-6. The number of aliphatic carboxylic acids is 4. The number of rotatable bonds is 27. The first-order valence-corrected chi connectivity index (χ1v) is 18.4. The molecule has 352 valence electrons. The molecule has 0 spiro atoms. The summed E-state index contributed by atoms with van der Waals surface area (Å²) in [5, 5.41) is 170. The third kappa shape index (κ3) is 20.9. The summed E-state index contributed by atoms with van der Waals surface area (Å²) in [6, 6.07) is -6.27. The summed E-state index contributed by atoms with van der Waals surface area (Å²) in [7, 11) is 0. The number of hydrogen-bond acceptors (Lipinski definition) is 15. The molecule has 0 saturated heterocycles. The first-order chi connectivity index (χ1) is 27.2. The molecule has 13 atom stereocenters. The first-order valence-electron chi connectivity index (χ1n) is 18.4. The molecule has 0 radical (unpaired) electrons. The molecule has 2 aliphatic rings. The van der Waals surface area contributed by atoms with E-state index in [-0.39, 0.29) is 142 Å². The molecule has 0 aromatic heterocycles. The Morgan fingerprint density at radius 1 is 0.508 bits per heavy atom. The molecule has 28 heteroatoms. The van der Waals surface area contributed by atoms with E-state index in [1.165, 1.54) is 0 Å². The number of carboxylic acids is 4. The van der Waals surface area contributed by atoms with Gasteiger partial charge in [0, 0.05) is 140 Å². The fourth-order valence-corrected chi connectivity index (χ4v) is 6.26. The van der Waals surface area contributed by atoms with Gasteiger partial charge in [0.1, 0.15) is 6.10 Å². The number of aliphatic hydroxyl groups excluding tert-OH is 11. The molecule has 0 aliphatic heterocycles. The SMILES string of the molecule is CCC(O)[C@@H](O)C[N-]C1(CO)C(O)C([N-]CCC(=O)O)C(O)C1[N-]CCC(=O)O.O=C(O)CC[N-]C1C(O)C([N-]CCC(=O)O)C(O)C([N-]CC(O)C(O)CO)C1O.[Hf].[Hf].[Hf].